The molecule has 24 heavy (non-hydrogen) atoms. The molecule has 4 atom stereocenters. The van der Waals surface area contributed by atoms with Crippen LogP contribution in [0.4, 0.5) is 0 Å². The Hall–Kier alpha value is -0.320. The minimum Gasteiger partial charge on any atom is -0.392 e. The Morgan fingerprint density at radius 1 is 0.458 bits per heavy atom. The predicted molar refractivity (Wildman–Crippen MR) is 101 cm³/mol. The van der Waals surface area contributed by atoms with Crippen molar-refractivity contribution < 1.29 is 20.4 Å². The summed E-state index contributed by atoms with van der Waals surface area (Å²) in [6.07, 6.45) is 1.89. The van der Waals surface area contributed by atoms with Gasteiger partial charge in [-0.15, -0.1) is 0 Å². The zero-order valence-corrected chi connectivity index (χ0v) is 16.1. The molecule has 8 nitrogen and oxygen atoms in total. The van der Waals surface area contributed by atoms with Crippen LogP contribution in [0.15, 0.2) is 0 Å². The minimum absolute atomic E-state index is 0.287. The van der Waals surface area contributed by atoms with Crippen LogP contribution in [0.25, 0.3) is 0 Å². The van der Waals surface area contributed by atoms with E-state index in [1.165, 1.54) is 0 Å². The summed E-state index contributed by atoms with van der Waals surface area (Å²) >= 11 is 0. The van der Waals surface area contributed by atoms with E-state index < -0.39 is 0 Å². The molecular weight excluding hydrogens is 312 g/mol. The molecule has 0 aliphatic rings. The monoisotopic (exact) mass is 356 g/mol. The summed E-state index contributed by atoms with van der Waals surface area (Å²) in [5, 5.41) is 34.2. The van der Waals surface area contributed by atoms with Crippen molar-refractivity contribution in [3.8, 4) is 0 Å². The van der Waals surface area contributed by atoms with Gasteiger partial charge in [-0.25, -0.2) is 0 Å². The predicted octanol–water partition coefficient (Wildman–Crippen LogP) is -1.14. The molecule has 0 radical (unpaired) electrons. The van der Waals surface area contributed by atoms with Gasteiger partial charge in [0.15, 0.2) is 0 Å². The molecule has 12 N–H and O–H groups in total. The van der Waals surface area contributed by atoms with E-state index in [0.717, 1.165) is 25.7 Å². The molecule has 8 heteroatoms. The smallest absolute Gasteiger partial charge is 0.0659 e. The van der Waals surface area contributed by atoms with E-state index in [1.54, 1.807) is 0 Å². The number of hydrogen-bond acceptors (Lipinski definition) is 8. The van der Waals surface area contributed by atoms with E-state index in [4.69, 9.17) is 43.4 Å². The van der Waals surface area contributed by atoms with Crippen molar-refractivity contribution in [2.24, 2.45) is 22.9 Å². The van der Waals surface area contributed by atoms with Gasteiger partial charge in [0.1, 0.15) is 0 Å². The lowest BCUT2D eigenvalue weighted by atomic mass is 10.3. The standard InChI is InChI=1S/4C4H11NO/c4*1-2-4(6)3-5/h4*4,6H,2-3,5H2,1H3. The summed E-state index contributed by atoms with van der Waals surface area (Å²) in [6, 6.07) is 0. The fourth-order valence-corrected chi connectivity index (χ4v) is 0.667. The normalized spacial score (nSPS) is 14.5. The third kappa shape index (κ3) is 37.7. The van der Waals surface area contributed by atoms with Crippen molar-refractivity contribution >= 4 is 0 Å². The first-order valence-corrected chi connectivity index (χ1v) is 8.76. The van der Waals surface area contributed by atoms with Gasteiger partial charge >= 0.3 is 0 Å². The van der Waals surface area contributed by atoms with Crippen LogP contribution in [-0.4, -0.2) is 71.0 Å². The molecule has 0 bridgehead atoms. The lowest BCUT2D eigenvalue weighted by molar-refractivity contribution is 0.178. The molecule has 0 aromatic heterocycles. The van der Waals surface area contributed by atoms with E-state index in [-0.39, 0.29) is 24.4 Å². The van der Waals surface area contributed by atoms with Crippen molar-refractivity contribution in [2.75, 3.05) is 26.2 Å². The number of nitrogens with two attached hydrogens (primary N) is 4. The summed E-state index contributed by atoms with van der Waals surface area (Å²) < 4.78 is 0. The highest BCUT2D eigenvalue weighted by atomic mass is 16.3. The Bertz CT molecular complexity index is 147. The Morgan fingerprint density at radius 2 is 0.583 bits per heavy atom. The van der Waals surface area contributed by atoms with Gasteiger partial charge in [0, 0.05) is 26.2 Å². The molecule has 0 heterocycles. The fraction of sp³-hybridized carbons (Fsp3) is 1.00. The Morgan fingerprint density at radius 3 is 0.583 bits per heavy atom. The first-order chi connectivity index (χ1) is 11.2. The number of aliphatic hydroxyl groups is 4. The molecule has 0 fully saturated rings. The summed E-state index contributed by atoms with van der Waals surface area (Å²) in [5.74, 6) is 0. The van der Waals surface area contributed by atoms with Crippen LogP contribution in [0.1, 0.15) is 53.4 Å². The molecule has 0 saturated carbocycles. The van der Waals surface area contributed by atoms with Gasteiger partial charge in [-0.2, -0.15) is 0 Å². The van der Waals surface area contributed by atoms with E-state index in [2.05, 4.69) is 0 Å². The van der Waals surface area contributed by atoms with E-state index in [9.17, 15) is 0 Å². The first-order valence-electron chi connectivity index (χ1n) is 8.76. The van der Waals surface area contributed by atoms with Crippen molar-refractivity contribution in [3.05, 3.63) is 0 Å². The number of rotatable bonds is 8. The third-order valence-electron chi connectivity index (χ3n) is 2.97. The second kappa shape index (κ2) is 27.5. The highest BCUT2D eigenvalue weighted by Crippen LogP contribution is 1.83. The SMILES string of the molecule is CCC(O)CN.CCC(O)CN.CCC(O)CN.CCC(O)CN. The second-order valence-corrected chi connectivity index (χ2v) is 5.19. The lowest BCUT2D eigenvalue weighted by Crippen LogP contribution is -2.17. The highest BCUT2D eigenvalue weighted by molar-refractivity contribution is 4.49. The van der Waals surface area contributed by atoms with Gasteiger partial charge in [0.05, 0.1) is 24.4 Å². The summed E-state index contributed by atoms with van der Waals surface area (Å²) in [4.78, 5) is 0. The Balaban J connectivity index is -0.000000111. The van der Waals surface area contributed by atoms with Crippen LogP contribution < -0.4 is 22.9 Å². The third-order valence-corrected chi connectivity index (χ3v) is 2.97. The Kier molecular flexibility index (Phi) is 36.1. The van der Waals surface area contributed by atoms with Crippen LogP contribution in [0, 0.1) is 0 Å². The molecule has 152 valence electrons. The number of hydrogen-bond donors (Lipinski definition) is 8. The molecule has 0 aliphatic heterocycles. The maximum absolute atomic E-state index is 8.54. The van der Waals surface area contributed by atoms with Crippen molar-refractivity contribution in [2.45, 2.75) is 77.8 Å². The van der Waals surface area contributed by atoms with Gasteiger partial charge in [0.25, 0.3) is 0 Å². The molecule has 0 rings (SSSR count). The second-order valence-electron chi connectivity index (χ2n) is 5.19. The van der Waals surface area contributed by atoms with Crippen molar-refractivity contribution in [3.63, 3.8) is 0 Å². The molecule has 0 aliphatic carbocycles. The molecule has 0 aromatic rings. The zero-order chi connectivity index (χ0) is 20.0. The van der Waals surface area contributed by atoms with Crippen LogP contribution >= 0.6 is 0 Å². The molecule has 0 saturated heterocycles. The molecular formula is C16H44N4O4. The van der Waals surface area contributed by atoms with E-state index >= 15 is 0 Å². The highest BCUT2D eigenvalue weighted by Gasteiger charge is 1.92. The average molecular weight is 357 g/mol. The topological polar surface area (TPSA) is 185 Å². The summed E-state index contributed by atoms with van der Waals surface area (Å²) in [5.41, 5.74) is 20.1. The average Bonchev–Trinajstić information content (AvgIpc) is 2.66. The van der Waals surface area contributed by atoms with Gasteiger partial charge < -0.3 is 43.4 Å². The Labute approximate surface area is 148 Å². The van der Waals surface area contributed by atoms with Gasteiger partial charge in [-0.3, -0.25) is 0 Å². The van der Waals surface area contributed by atoms with Crippen LogP contribution in [0.5, 0.6) is 0 Å². The van der Waals surface area contributed by atoms with Gasteiger partial charge in [0.2, 0.25) is 0 Å². The van der Waals surface area contributed by atoms with E-state index in [0.29, 0.717) is 26.2 Å². The lowest BCUT2D eigenvalue weighted by Gasteiger charge is -1.98. The fourth-order valence-electron chi connectivity index (χ4n) is 0.667. The molecule has 0 amide bonds. The summed E-state index contributed by atoms with van der Waals surface area (Å²) in [7, 11) is 0. The quantitative estimate of drug-likeness (QED) is 0.268. The maximum atomic E-state index is 8.54. The summed E-state index contributed by atoms with van der Waals surface area (Å²) in [6.45, 7) is 9.14. The molecule has 4 unspecified atom stereocenters. The van der Waals surface area contributed by atoms with Gasteiger partial charge in [-0.05, 0) is 25.7 Å². The minimum atomic E-state index is -0.287. The van der Waals surface area contributed by atoms with Crippen molar-refractivity contribution in [1.82, 2.24) is 0 Å². The van der Waals surface area contributed by atoms with Crippen LogP contribution in [-0.2, 0) is 0 Å². The molecule has 0 spiro atoms. The van der Waals surface area contributed by atoms with Crippen molar-refractivity contribution in [1.29, 1.82) is 0 Å². The largest absolute Gasteiger partial charge is 0.392 e. The van der Waals surface area contributed by atoms with Gasteiger partial charge in [-0.1, -0.05) is 27.7 Å². The van der Waals surface area contributed by atoms with Crippen LogP contribution in [0.2, 0.25) is 0 Å². The van der Waals surface area contributed by atoms with Crippen LogP contribution in [0.3, 0.4) is 0 Å². The molecule has 0 aromatic carbocycles. The first kappa shape index (κ1) is 31.4. The maximum Gasteiger partial charge on any atom is 0.0659 e. The van der Waals surface area contributed by atoms with E-state index in [1.807, 2.05) is 27.7 Å². The zero-order valence-electron chi connectivity index (χ0n) is 16.1. The number of aliphatic hydroxyl groups excluding tert-OH is 4.